The molecule has 0 bridgehead atoms. The van der Waals surface area contributed by atoms with Crippen molar-refractivity contribution in [1.82, 2.24) is 5.32 Å². The van der Waals surface area contributed by atoms with E-state index >= 15 is 0 Å². The third-order valence-corrected chi connectivity index (χ3v) is 3.62. The average molecular weight is 268 g/mol. The summed E-state index contributed by atoms with van der Waals surface area (Å²) in [6.45, 7) is 8.80. The lowest BCUT2D eigenvalue weighted by Gasteiger charge is -2.25. The fourth-order valence-electron chi connectivity index (χ4n) is 1.96. The number of nitrogens with two attached hydrogens (primary N) is 1. The molecule has 18 heavy (non-hydrogen) atoms. The van der Waals surface area contributed by atoms with Crippen LogP contribution in [-0.4, -0.2) is 12.5 Å². The molecule has 102 valence electrons. The molecule has 1 amide bonds. The molecule has 0 spiro atoms. The summed E-state index contributed by atoms with van der Waals surface area (Å²) in [4.78, 5) is 12.2. The summed E-state index contributed by atoms with van der Waals surface area (Å²) in [6.07, 6.45) is 0.811. The first-order valence-electron chi connectivity index (χ1n) is 6.36. The normalized spacial score (nSPS) is 15.2. The highest BCUT2D eigenvalue weighted by molar-refractivity contribution is 7.07. The van der Waals surface area contributed by atoms with Gasteiger partial charge in [-0.15, -0.1) is 0 Å². The highest BCUT2D eigenvalue weighted by atomic mass is 32.1. The van der Waals surface area contributed by atoms with E-state index in [1.165, 1.54) is 0 Å². The van der Waals surface area contributed by atoms with Crippen LogP contribution in [-0.2, 0) is 4.79 Å². The Morgan fingerprint density at radius 3 is 2.61 bits per heavy atom. The second-order valence-corrected chi connectivity index (χ2v) is 6.76. The van der Waals surface area contributed by atoms with E-state index in [-0.39, 0.29) is 23.3 Å². The smallest absolute Gasteiger partial charge is 0.224 e. The highest BCUT2D eigenvalue weighted by Gasteiger charge is 2.24. The summed E-state index contributed by atoms with van der Waals surface area (Å²) in [7, 11) is 0. The van der Waals surface area contributed by atoms with Crippen LogP contribution in [0.4, 0.5) is 0 Å². The van der Waals surface area contributed by atoms with E-state index in [1.54, 1.807) is 11.3 Å². The average Bonchev–Trinajstić information content (AvgIpc) is 2.77. The molecule has 1 aromatic heterocycles. The monoisotopic (exact) mass is 268 g/mol. The summed E-state index contributed by atoms with van der Waals surface area (Å²) in [5.74, 6) is -0.0442. The quantitative estimate of drug-likeness (QED) is 0.862. The zero-order chi connectivity index (χ0) is 13.8. The van der Waals surface area contributed by atoms with E-state index < -0.39 is 0 Å². The predicted octanol–water partition coefficient (Wildman–Crippen LogP) is 2.94. The molecule has 2 atom stereocenters. The van der Waals surface area contributed by atoms with Crippen molar-refractivity contribution >= 4 is 17.2 Å². The molecule has 0 fully saturated rings. The van der Waals surface area contributed by atoms with Crippen LogP contribution in [0.25, 0.3) is 0 Å². The van der Waals surface area contributed by atoms with Crippen LogP contribution in [0.2, 0.25) is 0 Å². The number of thiophene rings is 1. The molecule has 1 heterocycles. The number of carbonyl (C=O) groups is 1. The van der Waals surface area contributed by atoms with Gasteiger partial charge >= 0.3 is 0 Å². The first-order chi connectivity index (χ1) is 8.33. The number of carbonyl (C=O) groups excluding carboxylic acids is 1. The molecule has 1 aromatic rings. The molecule has 4 heteroatoms. The van der Waals surface area contributed by atoms with Gasteiger partial charge in [-0.25, -0.2) is 0 Å². The second-order valence-electron chi connectivity index (χ2n) is 5.98. The van der Waals surface area contributed by atoms with Crippen molar-refractivity contribution in [3.05, 3.63) is 22.4 Å². The Morgan fingerprint density at radius 2 is 2.17 bits per heavy atom. The van der Waals surface area contributed by atoms with Gasteiger partial charge < -0.3 is 11.1 Å². The van der Waals surface area contributed by atoms with Crippen molar-refractivity contribution in [2.45, 2.75) is 40.2 Å². The SMILES string of the molecule is CC(NC(=O)C(CN)CC(C)(C)C)c1ccsc1. The zero-order valence-corrected chi connectivity index (χ0v) is 12.5. The minimum Gasteiger partial charge on any atom is -0.349 e. The third kappa shape index (κ3) is 4.78. The highest BCUT2D eigenvalue weighted by Crippen LogP contribution is 2.25. The maximum Gasteiger partial charge on any atom is 0.224 e. The van der Waals surface area contributed by atoms with E-state index in [0.717, 1.165) is 12.0 Å². The van der Waals surface area contributed by atoms with Crippen LogP contribution in [0.1, 0.15) is 45.7 Å². The van der Waals surface area contributed by atoms with E-state index in [2.05, 4.69) is 31.5 Å². The molecule has 0 aliphatic rings. The molecule has 0 radical (unpaired) electrons. The van der Waals surface area contributed by atoms with Gasteiger partial charge in [0, 0.05) is 6.54 Å². The standard InChI is InChI=1S/C14H24N2OS/c1-10(11-5-6-18-9-11)16-13(17)12(8-15)7-14(2,3)4/h5-6,9-10,12H,7-8,15H2,1-4H3,(H,16,17). The van der Waals surface area contributed by atoms with E-state index in [4.69, 9.17) is 5.73 Å². The summed E-state index contributed by atoms with van der Waals surface area (Å²) in [6, 6.07) is 2.09. The predicted molar refractivity (Wildman–Crippen MR) is 77.5 cm³/mol. The molecule has 0 aromatic carbocycles. The lowest BCUT2D eigenvalue weighted by Crippen LogP contribution is -2.38. The van der Waals surface area contributed by atoms with Crippen molar-refractivity contribution in [1.29, 1.82) is 0 Å². The molecule has 2 unspecified atom stereocenters. The topological polar surface area (TPSA) is 55.1 Å². The molecule has 0 saturated carbocycles. The van der Waals surface area contributed by atoms with Gasteiger partial charge in [0.25, 0.3) is 0 Å². The fraction of sp³-hybridized carbons (Fsp3) is 0.643. The van der Waals surface area contributed by atoms with Gasteiger partial charge in [-0.1, -0.05) is 20.8 Å². The summed E-state index contributed by atoms with van der Waals surface area (Å²) in [5.41, 5.74) is 6.99. The molecule has 0 saturated heterocycles. The third-order valence-electron chi connectivity index (χ3n) is 2.92. The Labute approximate surface area is 114 Å². The van der Waals surface area contributed by atoms with Crippen molar-refractivity contribution in [2.24, 2.45) is 17.1 Å². The number of nitrogens with one attached hydrogen (secondary N) is 1. The van der Waals surface area contributed by atoms with Crippen molar-refractivity contribution < 1.29 is 4.79 Å². The summed E-state index contributed by atoms with van der Waals surface area (Å²) in [5, 5.41) is 7.13. The molecule has 0 aliphatic carbocycles. The van der Waals surface area contributed by atoms with Crippen LogP contribution in [0.15, 0.2) is 16.8 Å². The fourth-order valence-corrected chi connectivity index (χ4v) is 2.71. The first-order valence-corrected chi connectivity index (χ1v) is 7.30. The maximum atomic E-state index is 12.2. The van der Waals surface area contributed by atoms with Gasteiger partial charge in [0.1, 0.15) is 0 Å². The van der Waals surface area contributed by atoms with Crippen LogP contribution in [0.3, 0.4) is 0 Å². The van der Waals surface area contributed by atoms with Crippen molar-refractivity contribution in [2.75, 3.05) is 6.54 Å². The Balaban J connectivity index is 2.57. The van der Waals surface area contributed by atoms with E-state index in [9.17, 15) is 4.79 Å². The first kappa shape index (κ1) is 15.2. The summed E-state index contributed by atoms with van der Waals surface area (Å²) < 4.78 is 0. The van der Waals surface area contributed by atoms with Crippen LogP contribution in [0, 0.1) is 11.3 Å². The number of amides is 1. The lowest BCUT2D eigenvalue weighted by atomic mass is 9.84. The van der Waals surface area contributed by atoms with Crippen LogP contribution < -0.4 is 11.1 Å². The Kier molecular flexibility index (Phi) is 5.35. The molecular weight excluding hydrogens is 244 g/mol. The molecule has 3 N–H and O–H groups in total. The molecule has 3 nitrogen and oxygen atoms in total. The van der Waals surface area contributed by atoms with Crippen LogP contribution in [0.5, 0.6) is 0 Å². The lowest BCUT2D eigenvalue weighted by molar-refractivity contribution is -0.126. The minimum absolute atomic E-state index is 0.0535. The second kappa shape index (κ2) is 6.34. The Hall–Kier alpha value is -0.870. The van der Waals surface area contributed by atoms with Gasteiger partial charge in [-0.2, -0.15) is 11.3 Å². The Bertz CT molecular complexity index is 368. The Morgan fingerprint density at radius 1 is 1.50 bits per heavy atom. The number of hydrogen-bond donors (Lipinski definition) is 2. The van der Waals surface area contributed by atoms with Gasteiger partial charge in [0.05, 0.1) is 12.0 Å². The summed E-state index contributed by atoms with van der Waals surface area (Å²) >= 11 is 1.64. The largest absolute Gasteiger partial charge is 0.349 e. The zero-order valence-electron chi connectivity index (χ0n) is 11.7. The van der Waals surface area contributed by atoms with Gasteiger partial charge in [0.2, 0.25) is 5.91 Å². The van der Waals surface area contributed by atoms with Gasteiger partial charge in [-0.05, 0) is 41.1 Å². The number of hydrogen-bond acceptors (Lipinski definition) is 3. The van der Waals surface area contributed by atoms with Gasteiger partial charge in [0.15, 0.2) is 0 Å². The molecular formula is C14H24N2OS. The van der Waals surface area contributed by atoms with Gasteiger partial charge in [-0.3, -0.25) is 4.79 Å². The maximum absolute atomic E-state index is 12.2. The van der Waals surface area contributed by atoms with E-state index in [1.807, 2.05) is 18.4 Å². The van der Waals surface area contributed by atoms with Crippen LogP contribution >= 0.6 is 11.3 Å². The number of rotatable bonds is 5. The van der Waals surface area contributed by atoms with Crippen molar-refractivity contribution in [3.8, 4) is 0 Å². The molecule has 1 rings (SSSR count). The minimum atomic E-state index is -0.105. The van der Waals surface area contributed by atoms with E-state index in [0.29, 0.717) is 6.54 Å². The van der Waals surface area contributed by atoms with Crippen molar-refractivity contribution in [3.63, 3.8) is 0 Å². The molecule has 0 aliphatic heterocycles.